The number of aromatic amines is 1. The molecule has 4 nitrogen and oxygen atoms in total. The minimum Gasteiger partial charge on any atom is -0.323 e. The number of fused-ring (bicyclic) bond motifs is 1. The van der Waals surface area contributed by atoms with Crippen LogP contribution >= 0.6 is 23.2 Å². The Morgan fingerprint density at radius 2 is 2.33 bits per heavy atom. The van der Waals surface area contributed by atoms with Gasteiger partial charge in [-0.15, -0.1) is 11.6 Å². The van der Waals surface area contributed by atoms with Crippen molar-refractivity contribution in [3.05, 3.63) is 23.4 Å². The van der Waals surface area contributed by atoms with Gasteiger partial charge in [-0.25, -0.2) is 0 Å². The third kappa shape index (κ3) is 1.91. The lowest BCUT2D eigenvalue weighted by molar-refractivity contribution is -0.113. The summed E-state index contributed by atoms with van der Waals surface area (Å²) < 4.78 is 0. The number of carbonyl (C=O) groups excluding carboxylic acids is 1. The van der Waals surface area contributed by atoms with E-state index < -0.39 is 0 Å². The fraction of sp³-hybridized carbons (Fsp3) is 0.111. The van der Waals surface area contributed by atoms with Gasteiger partial charge in [-0.2, -0.15) is 5.10 Å². The van der Waals surface area contributed by atoms with E-state index in [1.807, 2.05) is 0 Å². The van der Waals surface area contributed by atoms with Crippen molar-refractivity contribution in [1.29, 1.82) is 0 Å². The number of H-pyrrole nitrogens is 1. The lowest BCUT2D eigenvalue weighted by atomic mass is 10.2. The summed E-state index contributed by atoms with van der Waals surface area (Å²) in [5.41, 5.74) is 1.32. The Kier molecular flexibility index (Phi) is 2.79. The molecule has 0 spiro atoms. The van der Waals surface area contributed by atoms with E-state index in [0.29, 0.717) is 16.2 Å². The average Bonchev–Trinajstić information content (AvgIpc) is 2.71. The molecule has 0 aliphatic heterocycles. The van der Waals surface area contributed by atoms with E-state index >= 15 is 0 Å². The van der Waals surface area contributed by atoms with Gasteiger partial charge in [0.15, 0.2) is 0 Å². The Hall–Kier alpha value is -1.26. The zero-order valence-electron chi connectivity index (χ0n) is 7.55. The van der Waals surface area contributed by atoms with Crippen LogP contribution in [0.5, 0.6) is 0 Å². The number of hydrogen-bond donors (Lipinski definition) is 2. The van der Waals surface area contributed by atoms with Crippen molar-refractivity contribution in [2.24, 2.45) is 0 Å². The molecule has 6 heteroatoms. The van der Waals surface area contributed by atoms with E-state index in [1.54, 1.807) is 18.3 Å². The largest absolute Gasteiger partial charge is 0.323 e. The molecule has 78 valence electrons. The fourth-order valence-corrected chi connectivity index (χ4v) is 1.56. The van der Waals surface area contributed by atoms with E-state index in [-0.39, 0.29) is 11.8 Å². The number of hydrogen-bond acceptors (Lipinski definition) is 2. The van der Waals surface area contributed by atoms with E-state index in [4.69, 9.17) is 23.2 Å². The van der Waals surface area contributed by atoms with Crippen molar-refractivity contribution in [2.45, 2.75) is 0 Å². The molecule has 0 aliphatic carbocycles. The van der Waals surface area contributed by atoms with Crippen LogP contribution < -0.4 is 5.32 Å². The van der Waals surface area contributed by atoms with Gasteiger partial charge in [0.1, 0.15) is 5.88 Å². The average molecular weight is 244 g/mol. The van der Waals surface area contributed by atoms with Gasteiger partial charge < -0.3 is 5.32 Å². The summed E-state index contributed by atoms with van der Waals surface area (Å²) in [6.45, 7) is 0. The smallest absolute Gasteiger partial charge is 0.239 e. The highest BCUT2D eigenvalue weighted by Crippen LogP contribution is 2.27. The van der Waals surface area contributed by atoms with Crippen molar-refractivity contribution in [3.63, 3.8) is 0 Å². The number of rotatable bonds is 2. The highest BCUT2D eigenvalue weighted by atomic mass is 35.5. The highest BCUT2D eigenvalue weighted by molar-refractivity contribution is 6.36. The number of anilines is 1. The van der Waals surface area contributed by atoms with E-state index in [2.05, 4.69) is 15.5 Å². The maximum Gasteiger partial charge on any atom is 0.239 e. The van der Waals surface area contributed by atoms with Crippen molar-refractivity contribution < 1.29 is 4.79 Å². The standard InChI is InChI=1S/C9H7Cl2N3O/c10-3-8(15)13-7-2-1-6(11)5-4-12-14-9(5)7/h1-2,4H,3H2,(H,12,14)(H,13,15). The van der Waals surface area contributed by atoms with Crippen LogP contribution in [0.15, 0.2) is 18.3 Å². The molecule has 0 saturated carbocycles. The van der Waals surface area contributed by atoms with Crippen LogP contribution in [-0.2, 0) is 4.79 Å². The van der Waals surface area contributed by atoms with E-state index in [9.17, 15) is 4.79 Å². The summed E-state index contributed by atoms with van der Waals surface area (Å²) in [5, 5.41) is 10.6. The monoisotopic (exact) mass is 243 g/mol. The van der Waals surface area contributed by atoms with Crippen LogP contribution in [0.1, 0.15) is 0 Å². The van der Waals surface area contributed by atoms with Crippen LogP contribution in [0, 0.1) is 0 Å². The molecule has 2 aromatic rings. The minimum absolute atomic E-state index is 0.0851. The molecule has 0 radical (unpaired) electrons. The molecule has 2 N–H and O–H groups in total. The molecule has 15 heavy (non-hydrogen) atoms. The summed E-state index contributed by atoms with van der Waals surface area (Å²) in [7, 11) is 0. The van der Waals surface area contributed by atoms with Crippen molar-refractivity contribution in [3.8, 4) is 0 Å². The Morgan fingerprint density at radius 3 is 3.07 bits per heavy atom. The van der Waals surface area contributed by atoms with Gasteiger partial charge >= 0.3 is 0 Å². The number of nitrogens with zero attached hydrogens (tertiary/aromatic N) is 1. The fourth-order valence-electron chi connectivity index (χ4n) is 1.29. The number of halogens is 2. The van der Waals surface area contributed by atoms with Gasteiger partial charge in [-0.05, 0) is 12.1 Å². The Balaban J connectivity index is 2.48. The molecule has 0 fully saturated rings. The number of benzene rings is 1. The molecular formula is C9H7Cl2N3O. The molecular weight excluding hydrogens is 237 g/mol. The molecule has 0 saturated heterocycles. The third-order valence-electron chi connectivity index (χ3n) is 1.96. The Labute approximate surface area is 95.6 Å². The maximum atomic E-state index is 11.1. The number of carbonyl (C=O) groups is 1. The zero-order valence-corrected chi connectivity index (χ0v) is 9.06. The second-order valence-corrected chi connectivity index (χ2v) is 3.61. The molecule has 0 aliphatic rings. The molecule has 1 aromatic carbocycles. The molecule has 2 rings (SSSR count). The molecule has 0 unspecified atom stereocenters. The summed E-state index contributed by atoms with van der Waals surface area (Å²) in [6, 6.07) is 3.40. The van der Waals surface area contributed by atoms with Gasteiger partial charge in [-0.3, -0.25) is 9.89 Å². The first-order valence-electron chi connectivity index (χ1n) is 4.20. The SMILES string of the molecule is O=C(CCl)Nc1ccc(Cl)c2cn[nH]c12. The molecule has 0 bridgehead atoms. The van der Waals surface area contributed by atoms with Crippen molar-refractivity contribution >= 4 is 45.7 Å². The Bertz CT molecular complexity index is 509. The Morgan fingerprint density at radius 1 is 1.53 bits per heavy atom. The highest BCUT2D eigenvalue weighted by Gasteiger charge is 2.08. The van der Waals surface area contributed by atoms with Crippen LogP contribution in [-0.4, -0.2) is 22.0 Å². The number of alkyl halides is 1. The first kappa shape index (κ1) is 10.3. The van der Waals surface area contributed by atoms with Crippen molar-refractivity contribution in [2.75, 3.05) is 11.2 Å². The van der Waals surface area contributed by atoms with Gasteiger partial charge in [0.25, 0.3) is 0 Å². The third-order valence-corrected chi connectivity index (χ3v) is 2.53. The number of aromatic nitrogens is 2. The quantitative estimate of drug-likeness (QED) is 0.797. The molecule has 1 aromatic heterocycles. The lowest BCUT2D eigenvalue weighted by Gasteiger charge is -2.04. The summed E-state index contributed by atoms with van der Waals surface area (Å²) in [5.74, 6) is -0.354. The first-order chi connectivity index (χ1) is 7.22. The summed E-state index contributed by atoms with van der Waals surface area (Å²) in [4.78, 5) is 11.1. The normalized spacial score (nSPS) is 10.5. The number of amides is 1. The molecule has 1 amide bonds. The van der Waals surface area contributed by atoms with Crippen LogP contribution in [0.4, 0.5) is 5.69 Å². The van der Waals surface area contributed by atoms with Crippen LogP contribution in [0.25, 0.3) is 10.9 Å². The summed E-state index contributed by atoms with van der Waals surface area (Å²) >= 11 is 11.3. The van der Waals surface area contributed by atoms with Crippen LogP contribution in [0.2, 0.25) is 5.02 Å². The second kappa shape index (κ2) is 4.08. The van der Waals surface area contributed by atoms with Gasteiger partial charge in [0.05, 0.1) is 22.4 Å². The molecule has 0 atom stereocenters. The van der Waals surface area contributed by atoms with Gasteiger partial charge in [0, 0.05) is 5.39 Å². The van der Waals surface area contributed by atoms with Crippen molar-refractivity contribution in [1.82, 2.24) is 10.2 Å². The van der Waals surface area contributed by atoms with Gasteiger partial charge in [-0.1, -0.05) is 11.6 Å². The molecule has 1 heterocycles. The van der Waals surface area contributed by atoms with E-state index in [0.717, 1.165) is 5.39 Å². The lowest BCUT2D eigenvalue weighted by Crippen LogP contribution is -2.12. The number of nitrogens with one attached hydrogen (secondary N) is 2. The van der Waals surface area contributed by atoms with Crippen LogP contribution in [0.3, 0.4) is 0 Å². The van der Waals surface area contributed by atoms with E-state index in [1.165, 1.54) is 0 Å². The predicted octanol–water partition coefficient (Wildman–Crippen LogP) is 2.39. The zero-order chi connectivity index (χ0) is 10.8. The predicted molar refractivity (Wildman–Crippen MR) is 60.5 cm³/mol. The van der Waals surface area contributed by atoms with Gasteiger partial charge in [0.2, 0.25) is 5.91 Å². The maximum absolute atomic E-state index is 11.1. The first-order valence-corrected chi connectivity index (χ1v) is 5.11. The summed E-state index contributed by atoms with van der Waals surface area (Å²) in [6.07, 6.45) is 1.61. The topological polar surface area (TPSA) is 57.8 Å². The minimum atomic E-state index is -0.269. The second-order valence-electron chi connectivity index (χ2n) is 2.94.